The highest BCUT2D eigenvalue weighted by Gasteiger charge is 1.89. The maximum atomic E-state index is 4.87. The largest absolute Gasteiger partial charge is 0.305 e. The fraction of sp³-hybridized carbons (Fsp3) is 0.571. The Morgan fingerprint density at radius 3 is 3.00 bits per heavy atom. The second-order valence-electron chi connectivity index (χ2n) is 2.35. The second-order valence-corrected chi connectivity index (χ2v) is 2.35. The highest BCUT2D eigenvalue weighted by atomic mass is 16.6. The summed E-state index contributed by atoms with van der Waals surface area (Å²) in [6.45, 7) is 1.57. The Labute approximate surface area is 65.9 Å². The average molecular weight is 155 g/mol. The Bertz CT molecular complexity index is 174. The first-order valence-electron chi connectivity index (χ1n) is 3.72. The van der Waals surface area contributed by atoms with E-state index >= 15 is 0 Å². The van der Waals surface area contributed by atoms with Crippen molar-refractivity contribution >= 4 is 0 Å². The minimum atomic E-state index is 0.626. The van der Waals surface area contributed by atoms with Gasteiger partial charge in [-0.2, -0.15) is 5.10 Å². The lowest BCUT2D eigenvalue weighted by Gasteiger charge is -1.99. The number of aromatic nitrogens is 2. The topological polar surface area (TPSA) is 53.1 Å². The molecule has 1 aromatic rings. The van der Waals surface area contributed by atoms with E-state index in [4.69, 9.17) is 5.90 Å². The summed E-state index contributed by atoms with van der Waals surface area (Å²) in [5.41, 5.74) is 0. The van der Waals surface area contributed by atoms with Gasteiger partial charge in [0.2, 0.25) is 0 Å². The van der Waals surface area contributed by atoms with Crippen LogP contribution in [0.25, 0.3) is 0 Å². The highest BCUT2D eigenvalue weighted by Crippen LogP contribution is 1.93. The maximum absolute atomic E-state index is 4.87. The molecule has 2 N–H and O–H groups in total. The molecule has 1 aromatic heterocycles. The van der Waals surface area contributed by atoms with E-state index in [9.17, 15) is 0 Å². The first kappa shape index (κ1) is 8.23. The van der Waals surface area contributed by atoms with Crippen molar-refractivity contribution in [1.29, 1.82) is 0 Å². The lowest BCUT2D eigenvalue weighted by Crippen LogP contribution is -2.03. The predicted octanol–water partition coefficient (Wildman–Crippen LogP) is 0.554. The molecule has 0 fully saturated rings. The number of rotatable bonds is 5. The van der Waals surface area contributed by atoms with Gasteiger partial charge in [0, 0.05) is 18.9 Å². The molecule has 4 heteroatoms. The molecule has 0 unspecified atom stereocenters. The van der Waals surface area contributed by atoms with Gasteiger partial charge in [-0.15, -0.1) is 0 Å². The van der Waals surface area contributed by atoms with Crippen LogP contribution >= 0.6 is 0 Å². The minimum absolute atomic E-state index is 0.626. The van der Waals surface area contributed by atoms with Gasteiger partial charge < -0.3 is 4.84 Å². The van der Waals surface area contributed by atoms with Crippen molar-refractivity contribution in [2.75, 3.05) is 6.61 Å². The Kier molecular flexibility index (Phi) is 3.64. The van der Waals surface area contributed by atoms with Gasteiger partial charge in [-0.25, -0.2) is 5.90 Å². The molecule has 0 saturated carbocycles. The van der Waals surface area contributed by atoms with Crippen LogP contribution in [0, 0.1) is 0 Å². The van der Waals surface area contributed by atoms with Crippen LogP contribution in [0.5, 0.6) is 0 Å². The van der Waals surface area contributed by atoms with E-state index in [1.54, 1.807) is 6.20 Å². The SMILES string of the molecule is NOCCCCn1cccn1. The van der Waals surface area contributed by atoms with Gasteiger partial charge in [-0.3, -0.25) is 4.68 Å². The van der Waals surface area contributed by atoms with Crippen molar-refractivity contribution in [3.63, 3.8) is 0 Å². The monoisotopic (exact) mass is 155 g/mol. The molecule has 1 heterocycles. The highest BCUT2D eigenvalue weighted by molar-refractivity contribution is 4.77. The number of unbranched alkanes of at least 4 members (excludes halogenated alkanes) is 1. The van der Waals surface area contributed by atoms with Crippen LogP contribution in [-0.2, 0) is 11.4 Å². The Balaban J connectivity index is 2.04. The standard InChI is InChI=1S/C7H13N3O/c8-11-7-2-1-5-10-6-3-4-9-10/h3-4,6H,1-2,5,7-8H2. The molecule has 0 aliphatic heterocycles. The van der Waals surface area contributed by atoms with Gasteiger partial charge in [0.05, 0.1) is 6.61 Å². The summed E-state index contributed by atoms with van der Waals surface area (Å²) >= 11 is 0. The number of nitrogens with two attached hydrogens (primary N) is 1. The van der Waals surface area contributed by atoms with Crippen LogP contribution < -0.4 is 5.90 Å². The molecule has 0 radical (unpaired) electrons. The summed E-state index contributed by atoms with van der Waals surface area (Å²) < 4.78 is 1.90. The number of nitrogens with zero attached hydrogens (tertiary/aromatic N) is 2. The maximum Gasteiger partial charge on any atom is 0.0679 e. The molecule has 0 atom stereocenters. The third-order valence-corrected chi connectivity index (χ3v) is 1.46. The molecule has 0 aliphatic carbocycles. The third-order valence-electron chi connectivity index (χ3n) is 1.46. The van der Waals surface area contributed by atoms with E-state index in [0.717, 1.165) is 19.4 Å². The second kappa shape index (κ2) is 4.87. The zero-order valence-corrected chi connectivity index (χ0v) is 6.44. The summed E-state index contributed by atoms with van der Waals surface area (Å²) in [4.78, 5) is 4.43. The molecule has 11 heavy (non-hydrogen) atoms. The van der Waals surface area contributed by atoms with Crippen molar-refractivity contribution in [3.8, 4) is 0 Å². The number of aryl methyl sites for hydroxylation is 1. The first-order valence-corrected chi connectivity index (χ1v) is 3.72. The van der Waals surface area contributed by atoms with Crippen molar-refractivity contribution in [1.82, 2.24) is 9.78 Å². The predicted molar refractivity (Wildman–Crippen MR) is 41.6 cm³/mol. The number of hydrogen-bond donors (Lipinski definition) is 1. The summed E-state index contributed by atoms with van der Waals surface area (Å²) in [5, 5.41) is 4.06. The molecular weight excluding hydrogens is 142 g/mol. The van der Waals surface area contributed by atoms with Crippen LogP contribution in [0.3, 0.4) is 0 Å². The van der Waals surface area contributed by atoms with E-state index in [1.165, 1.54) is 0 Å². The number of hydrogen-bond acceptors (Lipinski definition) is 3. The lowest BCUT2D eigenvalue weighted by molar-refractivity contribution is 0.132. The zero-order chi connectivity index (χ0) is 7.94. The van der Waals surface area contributed by atoms with Crippen molar-refractivity contribution in [2.24, 2.45) is 5.90 Å². The molecule has 0 aliphatic rings. The van der Waals surface area contributed by atoms with Crippen molar-refractivity contribution in [3.05, 3.63) is 18.5 Å². The molecule has 0 aromatic carbocycles. The quantitative estimate of drug-likeness (QED) is 0.499. The van der Waals surface area contributed by atoms with E-state index < -0.39 is 0 Å². The van der Waals surface area contributed by atoms with E-state index in [2.05, 4.69) is 9.94 Å². The van der Waals surface area contributed by atoms with Gasteiger partial charge >= 0.3 is 0 Å². The smallest absolute Gasteiger partial charge is 0.0679 e. The lowest BCUT2D eigenvalue weighted by atomic mass is 10.3. The van der Waals surface area contributed by atoms with Crippen molar-refractivity contribution < 1.29 is 4.84 Å². The Morgan fingerprint density at radius 2 is 2.36 bits per heavy atom. The third kappa shape index (κ3) is 3.15. The summed E-state index contributed by atoms with van der Waals surface area (Å²) in [6, 6.07) is 1.92. The molecule has 0 spiro atoms. The fourth-order valence-corrected chi connectivity index (χ4v) is 0.892. The molecule has 62 valence electrons. The Hall–Kier alpha value is -0.870. The molecule has 0 bridgehead atoms. The molecule has 4 nitrogen and oxygen atoms in total. The summed E-state index contributed by atoms with van der Waals surface area (Å²) in [6.07, 6.45) is 5.76. The average Bonchev–Trinajstić information content (AvgIpc) is 2.50. The minimum Gasteiger partial charge on any atom is -0.305 e. The molecule has 0 amide bonds. The molecule has 0 saturated heterocycles. The van der Waals surface area contributed by atoms with Crippen LogP contribution in [-0.4, -0.2) is 16.4 Å². The van der Waals surface area contributed by atoms with Crippen LogP contribution in [0.15, 0.2) is 18.5 Å². The molecule has 1 rings (SSSR count). The van der Waals surface area contributed by atoms with E-state index in [0.29, 0.717) is 6.61 Å². The van der Waals surface area contributed by atoms with Gasteiger partial charge in [0.15, 0.2) is 0 Å². The zero-order valence-electron chi connectivity index (χ0n) is 6.44. The van der Waals surface area contributed by atoms with Gasteiger partial charge in [-0.1, -0.05) is 0 Å². The van der Waals surface area contributed by atoms with Crippen LogP contribution in [0.2, 0.25) is 0 Å². The van der Waals surface area contributed by atoms with Crippen LogP contribution in [0.1, 0.15) is 12.8 Å². The summed E-state index contributed by atoms with van der Waals surface area (Å²) in [5.74, 6) is 4.87. The van der Waals surface area contributed by atoms with Gasteiger partial charge in [0.1, 0.15) is 0 Å². The normalized spacial score (nSPS) is 10.3. The van der Waals surface area contributed by atoms with E-state index in [-0.39, 0.29) is 0 Å². The van der Waals surface area contributed by atoms with Gasteiger partial charge in [0.25, 0.3) is 0 Å². The van der Waals surface area contributed by atoms with Gasteiger partial charge in [-0.05, 0) is 18.9 Å². The Morgan fingerprint density at radius 1 is 1.45 bits per heavy atom. The van der Waals surface area contributed by atoms with E-state index in [1.807, 2.05) is 16.9 Å². The molecular formula is C7H13N3O. The first-order chi connectivity index (χ1) is 5.43. The van der Waals surface area contributed by atoms with Crippen molar-refractivity contribution in [2.45, 2.75) is 19.4 Å². The fourth-order valence-electron chi connectivity index (χ4n) is 0.892. The van der Waals surface area contributed by atoms with Crippen LogP contribution in [0.4, 0.5) is 0 Å². The summed E-state index contributed by atoms with van der Waals surface area (Å²) in [7, 11) is 0.